The second kappa shape index (κ2) is 9.25. The Morgan fingerprint density at radius 1 is 0.719 bits per heavy atom. The summed E-state index contributed by atoms with van der Waals surface area (Å²) in [6.45, 7) is 0. The first-order valence-corrected chi connectivity index (χ1v) is 9.74. The molecule has 2 heterocycles. The molecule has 4 rings (SSSR count). The van der Waals surface area contributed by atoms with E-state index in [0.717, 1.165) is 22.3 Å². The Hall–Kier alpha value is -4.27. The molecular formula is C23H23N5O4. The SMILES string of the molecule is COc1ccc2cc(Nc3ccnc(Nc4cc(OC)c(OC)c(OC)c4)n3)cnc2c1. The molecule has 2 N–H and O–H groups in total. The average molecular weight is 433 g/mol. The molecular weight excluding hydrogens is 410 g/mol. The number of pyridine rings is 1. The summed E-state index contributed by atoms with van der Waals surface area (Å²) in [5.41, 5.74) is 2.35. The zero-order valence-corrected chi connectivity index (χ0v) is 18.2. The van der Waals surface area contributed by atoms with Crippen molar-refractivity contribution in [1.29, 1.82) is 0 Å². The number of nitrogens with zero attached hydrogens (tertiary/aromatic N) is 3. The van der Waals surface area contributed by atoms with E-state index in [9.17, 15) is 0 Å². The summed E-state index contributed by atoms with van der Waals surface area (Å²) >= 11 is 0. The number of nitrogens with one attached hydrogen (secondary N) is 2. The normalized spacial score (nSPS) is 10.5. The molecule has 164 valence electrons. The second-order valence-electron chi connectivity index (χ2n) is 6.71. The standard InChI is InChI=1S/C23H23N5O4/c1-29-17-6-5-14-9-16(13-25-18(14)12-17)26-21-7-8-24-23(28-21)27-15-10-19(30-2)22(32-4)20(11-15)31-3/h5-13H,1-4H3,(H2,24,26,27,28). The fourth-order valence-electron chi connectivity index (χ4n) is 3.22. The van der Waals surface area contributed by atoms with Gasteiger partial charge < -0.3 is 29.6 Å². The van der Waals surface area contributed by atoms with E-state index in [1.165, 1.54) is 0 Å². The summed E-state index contributed by atoms with van der Waals surface area (Å²) in [7, 11) is 6.32. The van der Waals surface area contributed by atoms with Gasteiger partial charge in [-0.25, -0.2) is 4.98 Å². The number of anilines is 4. The van der Waals surface area contributed by atoms with Crippen LogP contribution >= 0.6 is 0 Å². The van der Waals surface area contributed by atoms with Crippen LogP contribution in [-0.2, 0) is 0 Å². The highest BCUT2D eigenvalue weighted by molar-refractivity contribution is 5.83. The van der Waals surface area contributed by atoms with Crippen molar-refractivity contribution in [3.8, 4) is 23.0 Å². The molecule has 0 aliphatic carbocycles. The topological polar surface area (TPSA) is 99.7 Å². The number of benzene rings is 2. The van der Waals surface area contributed by atoms with Gasteiger partial charge >= 0.3 is 0 Å². The molecule has 0 amide bonds. The zero-order chi connectivity index (χ0) is 22.5. The molecule has 0 atom stereocenters. The van der Waals surface area contributed by atoms with Crippen molar-refractivity contribution < 1.29 is 18.9 Å². The Morgan fingerprint density at radius 2 is 1.50 bits per heavy atom. The van der Waals surface area contributed by atoms with Crippen LogP contribution in [-0.4, -0.2) is 43.4 Å². The highest BCUT2D eigenvalue weighted by Crippen LogP contribution is 2.40. The lowest BCUT2D eigenvalue weighted by molar-refractivity contribution is 0.324. The van der Waals surface area contributed by atoms with E-state index >= 15 is 0 Å². The average Bonchev–Trinajstić information content (AvgIpc) is 2.83. The molecule has 0 bridgehead atoms. The molecule has 9 heteroatoms. The van der Waals surface area contributed by atoms with E-state index in [0.29, 0.717) is 34.7 Å². The molecule has 0 saturated carbocycles. The van der Waals surface area contributed by atoms with Gasteiger partial charge in [-0.3, -0.25) is 4.98 Å². The van der Waals surface area contributed by atoms with Crippen molar-refractivity contribution in [2.75, 3.05) is 39.1 Å². The number of ether oxygens (including phenoxy) is 4. The third-order valence-corrected chi connectivity index (χ3v) is 4.74. The first-order chi connectivity index (χ1) is 15.6. The van der Waals surface area contributed by atoms with Gasteiger partial charge in [-0.05, 0) is 24.3 Å². The molecule has 4 aromatic rings. The van der Waals surface area contributed by atoms with E-state index in [2.05, 4.69) is 25.6 Å². The summed E-state index contributed by atoms with van der Waals surface area (Å²) in [5.74, 6) is 3.36. The third-order valence-electron chi connectivity index (χ3n) is 4.74. The molecule has 0 saturated heterocycles. The minimum atomic E-state index is 0.405. The monoisotopic (exact) mass is 433 g/mol. The summed E-state index contributed by atoms with van der Waals surface area (Å²) in [5, 5.41) is 7.41. The molecule has 0 fully saturated rings. The van der Waals surface area contributed by atoms with Crippen molar-refractivity contribution >= 4 is 34.0 Å². The number of methoxy groups -OCH3 is 4. The fraction of sp³-hybridized carbons (Fsp3) is 0.174. The van der Waals surface area contributed by atoms with E-state index in [1.54, 1.807) is 59.0 Å². The quantitative estimate of drug-likeness (QED) is 0.415. The molecule has 2 aromatic carbocycles. The summed E-state index contributed by atoms with van der Waals surface area (Å²) < 4.78 is 21.4. The van der Waals surface area contributed by atoms with Crippen LogP contribution < -0.4 is 29.6 Å². The van der Waals surface area contributed by atoms with E-state index in [-0.39, 0.29) is 0 Å². The Labute approximate surface area is 185 Å². The van der Waals surface area contributed by atoms with Crippen LogP contribution in [0.2, 0.25) is 0 Å². The largest absolute Gasteiger partial charge is 0.497 e. The molecule has 2 aromatic heterocycles. The van der Waals surface area contributed by atoms with Gasteiger partial charge in [0.15, 0.2) is 11.5 Å². The molecule has 32 heavy (non-hydrogen) atoms. The van der Waals surface area contributed by atoms with Crippen molar-refractivity contribution in [2.45, 2.75) is 0 Å². The Balaban J connectivity index is 1.56. The van der Waals surface area contributed by atoms with Crippen LogP contribution in [0.5, 0.6) is 23.0 Å². The minimum Gasteiger partial charge on any atom is -0.497 e. The van der Waals surface area contributed by atoms with Crippen LogP contribution in [0, 0.1) is 0 Å². The van der Waals surface area contributed by atoms with Crippen molar-refractivity contribution in [2.24, 2.45) is 0 Å². The Morgan fingerprint density at radius 3 is 2.19 bits per heavy atom. The molecule has 0 aliphatic rings. The predicted molar refractivity (Wildman–Crippen MR) is 123 cm³/mol. The number of fused-ring (bicyclic) bond motifs is 1. The zero-order valence-electron chi connectivity index (χ0n) is 18.2. The number of hydrogen-bond donors (Lipinski definition) is 2. The summed E-state index contributed by atoms with van der Waals surface area (Å²) in [6, 6.07) is 13.1. The van der Waals surface area contributed by atoms with Gasteiger partial charge in [0, 0.05) is 35.5 Å². The summed E-state index contributed by atoms with van der Waals surface area (Å²) in [4.78, 5) is 13.3. The molecule has 0 spiro atoms. The van der Waals surface area contributed by atoms with Gasteiger partial charge in [-0.2, -0.15) is 4.98 Å². The second-order valence-corrected chi connectivity index (χ2v) is 6.71. The Kier molecular flexibility index (Phi) is 6.07. The highest BCUT2D eigenvalue weighted by Gasteiger charge is 2.14. The highest BCUT2D eigenvalue weighted by atomic mass is 16.5. The first kappa shape index (κ1) is 21.0. The lowest BCUT2D eigenvalue weighted by Crippen LogP contribution is -2.02. The maximum atomic E-state index is 5.40. The lowest BCUT2D eigenvalue weighted by Gasteiger charge is -2.15. The number of aromatic nitrogens is 3. The van der Waals surface area contributed by atoms with Gasteiger partial charge in [-0.15, -0.1) is 0 Å². The van der Waals surface area contributed by atoms with E-state index in [4.69, 9.17) is 18.9 Å². The first-order valence-electron chi connectivity index (χ1n) is 9.74. The van der Waals surface area contributed by atoms with Crippen LogP contribution in [0.25, 0.3) is 10.9 Å². The van der Waals surface area contributed by atoms with Gasteiger partial charge in [0.05, 0.1) is 45.8 Å². The smallest absolute Gasteiger partial charge is 0.229 e. The van der Waals surface area contributed by atoms with Crippen molar-refractivity contribution in [3.63, 3.8) is 0 Å². The van der Waals surface area contributed by atoms with Crippen molar-refractivity contribution in [1.82, 2.24) is 15.0 Å². The molecule has 0 radical (unpaired) electrons. The molecule has 9 nitrogen and oxygen atoms in total. The molecule has 0 unspecified atom stereocenters. The number of rotatable bonds is 8. The van der Waals surface area contributed by atoms with Gasteiger partial charge in [0.1, 0.15) is 11.6 Å². The molecule has 0 aliphatic heterocycles. The van der Waals surface area contributed by atoms with Gasteiger partial charge in [0.25, 0.3) is 0 Å². The van der Waals surface area contributed by atoms with E-state index < -0.39 is 0 Å². The van der Waals surface area contributed by atoms with Crippen LogP contribution in [0.15, 0.2) is 54.9 Å². The van der Waals surface area contributed by atoms with Gasteiger partial charge in [-0.1, -0.05) is 0 Å². The van der Waals surface area contributed by atoms with Crippen LogP contribution in [0.1, 0.15) is 0 Å². The maximum Gasteiger partial charge on any atom is 0.229 e. The van der Waals surface area contributed by atoms with Crippen molar-refractivity contribution in [3.05, 3.63) is 54.9 Å². The third kappa shape index (κ3) is 4.41. The predicted octanol–water partition coefficient (Wildman–Crippen LogP) is 4.55. The van der Waals surface area contributed by atoms with Crippen LogP contribution in [0.4, 0.5) is 23.1 Å². The lowest BCUT2D eigenvalue weighted by atomic mass is 10.2. The van der Waals surface area contributed by atoms with Gasteiger partial charge in [0.2, 0.25) is 11.7 Å². The summed E-state index contributed by atoms with van der Waals surface area (Å²) in [6.07, 6.45) is 3.41. The fourth-order valence-corrected chi connectivity index (χ4v) is 3.22. The maximum absolute atomic E-state index is 5.40. The number of hydrogen-bond acceptors (Lipinski definition) is 9. The minimum absolute atomic E-state index is 0.405. The van der Waals surface area contributed by atoms with Crippen LogP contribution in [0.3, 0.4) is 0 Å². The Bertz CT molecular complexity index is 1220. The van der Waals surface area contributed by atoms with E-state index in [1.807, 2.05) is 24.3 Å².